The molecule has 1 fully saturated rings. The Morgan fingerprint density at radius 1 is 1.33 bits per heavy atom. The molecule has 1 aliphatic heterocycles. The molecule has 2 N–H and O–H groups in total. The number of nitrogens with one attached hydrogen (secondary N) is 2. The first-order valence-corrected chi connectivity index (χ1v) is 5.32. The van der Waals surface area contributed by atoms with E-state index in [0.717, 1.165) is 26.2 Å². The van der Waals surface area contributed by atoms with Crippen molar-refractivity contribution in [2.45, 2.75) is 12.3 Å². The van der Waals surface area contributed by atoms with Crippen LogP contribution < -0.4 is 10.6 Å². The molecule has 9 heteroatoms. The third-order valence-corrected chi connectivity index (χ3v) is 2.50. The van der Waals surface area contributed by atoms with E-state index in [9.17, 15) is 22.4 Å². The lowest BCUT2D eigenvalue weighted by molar-refractivity contribution is -0.169. The van der Waals surface area contributed by atoms with Gasteiger partial charge in [0.1, 0.15) is 0 Å². The standard InChI is InChI=1S/C9H15F4N3O.ClH/c10-7(11)9(12,13)8(17)15-3-6-16-4-1-14-2-5-16;/h7,14H,1-6H2,(H,15,17);1H. The van der Waals surface area contributed by atoms with Crippen LogP contribution in [0.3, 0.4) is 0 Å². The molecule has 1 aliphatic rings. The van der Waals surface area contributed by atoms with Crippen molar-refractivity contribution in [3.63, 3.8) is 0 Å². The molecule has 1 heterocycles. The van der Waals surface area contributed by atoms with Crippen molar-refractivity contribution >= 4 is 18.3 Å². The van der Waals surface area contributed by atoms with Crippen molar-refractivity contribution in [2.24, 2.45) is 0 Å². The SMILES string of the molecule is Cl.O=C(NCCN1CCNCC1)C(F)(F)C(F)F. The summed E-state index contributed by atoms with van der Waals surface area (Å²) in [5.41, 5.74) is 0. The van der Waals surface area contributed by atoms with E-state index in [1.165, 1.54) is 0 Å². The van der Waals surface area contributed by atoms with Gasteiger partial charge in [-0.05, 0) is 0 Å². The lowest BCUT2D eigenvalue weighted by Crippen LogP contribution is -2.49. The second-order valence-electron chi connectivity index (χ2n) is 3.77. The summed E-state index contributed by atoms with van der Waals surface area (Å²) < 4.78 is 48.7. The van der Waals surface area contributed by atoms with E-state index in [1.54, 1.807) is 0 Å². The fourth-order valence-corrected chi connectivity index (χ4v) is 1.48. The number of carbonyl (C=O) groups excluding carboxylic acids is 1. The van der Waals surface area contributed by atoms with Gasteiger partial charge in [-0.2, -0.15) is 8.78 Å². The predicted molar refractivity (Wildman–Crippen MR) is 60.5 cm³/mol. The van der Waals surface area contributed by atoms with E-state index in [0.29, 0.717) is 6.54 Å². The monoisotopic (exact) mass is 293 g/mol. The summed E-state index contributed by atoms with van der Waals surface area (Å²) in [6, 6.07) is 0. The maximum absolute atomic E-state index is 12.5. The summed E-state index contributed by atoms with van der Waals surface area (Å²) in [6.07, 6.45) is -3.97. The molecule has 0 atom stereocenters. The first kappa shape index (κ1) is 17.4. The Bertz CT molecular complexity index is 262. The molecule has 18 heavy (non-hydrogen) atoms. The van der Waals surface area contributed by atoms with Crippen molar-refractivity contribution < 1.29 is 22.4 Å². The molecule has 0 radical (unpaired) electrons. The summed E-state index contributed by atoms with van der Waals surface area (Å²) in [5.74, 6) is -6.52. The first-order chi connectivity index (χ1) is 7.94. The van der Waals surface area contributed by atoms with E-state index < -0.39 is 18.3 Å². The molecule has 0 saturated carbocycles. The van der Waals surface area contributed by atoms with Gasteiger partial charge in [-0.15, -0.1) is 12.4 Å². The van der Waals surface area contributed by atoms with Gasteiger partial charge < -0.3 is 10.6 Å². The molecule has 0 aromatic heterocycles. The second kappa shape index (κ2) is 7.75. The van der Waals surface area contributed by atoms with Crippen LogP contribution in [-0.2, 0) is 4.79 Å². The molecule has 0 aromatic carbocycles. The van der Waals surface area contributed by atoms with Crippen LogP contribution in [0.15, 0.2) is 0 Å². The minimum absolute atomic E-state index is 0. The average Bonchev–Trinajstić information content (AvgIpc) is 2.30. The highest BCUT2D eigenvalue weighted by Gasteiger charge is 2.48. The Labute approximate surface area is 108 Å². The third-order valence-electron chi connectivity index (χ3n) is 2.50. The van der Waals surface area contributed by atoms with Crippen molar-refractivity contribution in [3.05, 3.63) is 0 Å². The lowest BCUT2D eigenvalue weighted by Gasteiger charge is -2.27. The Balaban J connectivity index is 0.00000289. The van der Waals surface area contributed by atoms with Gasteiger partial charge in [-0.25, -0.2) is 8.78 Å². The van der Waals surface area contributed by atoms with Gasteiger partial charge in [0.15, 0.2) is 0 Å². The Hall–Kier alpha value is -0.600. The molecule has 0 aliphatic carbocycles. The fourth-order valence-electron chi connectivity index (χ4n) is 1.48. The lowest BCUT2D eigenvalue weighted by atomic mass is 10.3. The third kappa shape index (κ3) is 4.95. The molecule has 1 amide bonds. The zero-order chi connectivity index (χ0) is 12.9. The van der Waals surface area contributed by atoms with Crippen LogP contribution in [0.2, 0.25) is 0 Å². The van der Waals surface area contributed by atoms with E-state index >= 15 is 0 Å². The minimum atomic E-state index is -4.61. The van der Waals surface area contributed by atoms with Crippen LogP contribution in [0.1, 0.15) is 0 Å². The number of hydrogen-bond acceptors (Lipinski definition) is 3. The molecule has 0 bridgehead atoms. The number of amides is 1. The van der Waals surface area contributed by atoms with Crippen LogP contribution in [0.5, 0.6) is 0 Å². The number of alkyl halides is 4. The summed E-state index contributed by atoms with van der Waals surface area (Å²) in [6.45, 7) is 3.42. The molecule has 0 spiro atoms. The quantitative estimate of drug-likeness (QED) is 0.718. The van der Waals surface area contributed by atoms with Crippen molar-refractivity contribution in [3.8, 4) is 0 Å². The molecular formula is C9H16ClF4N3O. The van der Waals surface area contributed by atoms with Crippen LogP contribution in [0.25, 0.3) is 0 Å². The largest absolute Gasteiger partial charge is 0.383 e. The smallest absolute Gasteiger partial charge is 0.349 e. The normalized spacial score (nSPS) is 17.4. The van der Waals surface area contributed by atoms with Gasteiger partial charge in [0.2, 0.25) is 0 Å². The molecule has 108 valence electrons. The summed E-state index contributed by atoms with van der Waals surface area (Å²) in [5, 5.41) is 4.93. The van der Waals surface area contributed by atoms with E-state index in [2.05, 4.69) is 5.32 Å². The van der Waals surface area contributed by atoms with E-state index in [4.69, 9.17) is 0 Å². The molecule has 4 nitrogen and oxygen atoms in total. The highest BCUT2D eigenvalue weighted by molar-refractivity contribution is 5.85. The van der Waals surface area contributed by atoms with Gasteiger partial charge in [-0.3, -0.25) is 9.69 Å². The molecule has 0 aromatic rings. The van der Waals surface area contributed by atoms with Gasteiger partial charge in [0.25, 0.3) is 5.91 Å². The number of nitrogens with zero attached hydrogens (tertiary/aromatic N) is 1. The number of rotatable bonds is 5. The number of carbonyl (C=O) groups is 1. The van der Waals surface area contributed by atoms with Gasteiger partial charge in [-0.1, -0.05) is 0 Å². The van der Waals surface area contributed by atoms with Crippen molar-refractivity contribution in [1.82, 2.24) is 15.5 Å². The minimum Gasteiger partial charge on any atom is -0.349 e. The Morgan fingerprint density at radius 3 is 2.39 bits per heavy atom. The molecule has 1 saturated heterocycles. The molecular weight excluding hydrogens is 278 g/mol. The van der Waals surface area contributed by atoms with Crippen LogP contribution in [0.4, 0.5) is 17.6 Å². The summed E-state index contributed by atoms with van der Waals surface area (Å²) in [7, 11) is 0. The topological polar surface area (TPSA) is 44.4 Å². The molecule has 1 rings (SSSR count). The van der Waals surface area contributed by atoms with Gasteiger partial charge in [0, 0.05) is 39.3 Å². The van der Waals surface area contributed by atoms with Crippen LogP contribution >= 0.6 is 12.4 Å². The Kier molecular flexibility index (Phi) is 7.49. The maximum Gasteiger partial charge on any atom is 0.383 e. The highest BCUT2D eigenvalue weighted by Crippen LogP contribution is 2.22. The summed E-state index contributed by atoms with van der Waals surface area (Å²) >= 11 is 0. The highest BCUT2D eigenvalue weighted by atomic mass is 35.5. The summed E-state index contributed by atoms with van der Waals surface area (Å²) in [4.78, 5) is 12.7. The zero-order valence-corrected chi connectivity index (χ0v) is 10.4. The number of halogens is 5. The van der Waals surface area contributed by atoms with E-state index in [1.807, 2.05) is 10.2 Å². The van der Waals surface area contributed by atoms with Gasteiger partial charge >= 0.3 is 12.3 Å². The number of hydrogen-bond donors (Lipinski definition) is 2. The zero-order valence-electron chi connectivity index (χ0n) is 9.60. The fraction of sp³-hybridized carbons (Fsp3) is 0.889. The average molecular weight is 294 g/mol. The van der Waals surface area contributed by atoms with Gasteiger partial charge in [0.05, 0.1) is 0 Å². The van der Waals surface area contributed by atoms with Crippen molar-refractivity contribution in [2.75, 3.05) is 39.3 Å². The molecule has 0 unspecified atom stereocenters. The maximum atomic E-state index is 12.5. The van der Waals surface area contributed by atoms with Crippen LogP contribution in [0, 0.1) is 0 Å². The second-order valence-corrected chi connectivity index (χ2v) is 3.77. The first-order valence-electron chi connectivity index (χ1n) is 5.32. The number of piperazine rings is 1. The van der Waals surface area contributed by atoms with Crippen molar-refractivity contribution in [1.29, 1.82) is 0 Å². The van der Waals surface area contributed by atoms with E-state index in [-0.39, 0.29) is 19.0 Å². The van der Waals surface area contributed by atoms with Crippen LogP contribution in [-0.4, -0.2) is 62.4 Å². The Morgan fingerprint density at radius 2 is 1.89 bits per heavy atom. The predicted octanol–water partition coefficient (Wildman–Crippen LogP) is 0.330.